The van der Waals surface area contributed by atoms with Crippen LogP contribution in [0.15, 0.2) is 77.7 Å². The van der Waals surface area contributed by atoms with Crippen LogP contribution in [0.4, 0.5) is 5.69 Å². The van der Waals surface area contributed by atoms with Crippen LogP contribution in [0.3, 0.4) is 0 Å². The number of rotatable bonds is 11. The molecule has 39 heavy (non-hydrogen) atoms. The van der Waals surface area contributed by atoms with Crippen LogP contribution in [-0.2, 0) is 26.2 Å². The predicted octanol–water partition coefficient (Wildman–Crippen LogP) is 5.69. The zero-order valence-corrected chi connectivity index (χ0v) is 24.7. The molecule has 7 nitrogen and oxygen atoms in total. The number of halogens is 2. The summed E-state index contributed by atoms with van der Waals surface area (Å²) >= 11 is 12.3. The van der Waals surface area contributed by atoms with Crippen LogP contribution in [0, 0.1) is 12.8 Å². The highest BCUT2D eigenvalue weighted by atomic mass is 35.5. The number of carbonyl (C=O) groups excluding carboxylic acids is 2. The quantitative estimate of drug-likeness (QED) is 0.311. The largest absolute Gasteiger partial charge is 0.354 e. The number of nitrogens with one attached hydrogen (secondary N) is 1. The Morgan fingerprint density at radius 1 is 0.897 bits per heavy atom. The molecule has 10 heteroatoms. The second-order valence-corrected chi connectivity index (χ2v) is 12.5. The first-order valence-corrected chi connectivity index (χ1v) is 14.7. The van der Waals surface area contributed by atoms with Gasteiger partial charge in [-0.1, -0.05) is 67.4 Å². The number of hydrogen-bond acceptors (Lipinski definition) is 4. The van der Waals surface area contributed by atoms with Gasteiger partial charge < -0.3 is 10.2 Å². The number of anilines is 1. The number of amides is 2. The van der Waals surface area contributed by atoms with Crippen LogP contribution >= 0.6 is 23.2 Å². The molecule has 0 saturated heterocycles. The van der Waals surface area contributed by atoms with Gasteiger partial charge in [-0.25, -0.2) is 8.42 Å². The summed E-state index contributed by atoms with van der Waals surface area (Å²) in [5.74, 6) is -0.659. The van der Waals surface area contributed by atoms with Crippen molar-refractivity contribution in [2.24, 2.45) is 5.92 Å². The van der Waals surface area contributed by atoms with Crippen molar-refractivity contribution >= 4 is 50.7 Å². The van der Waals surface area contributed by atoms with E-state index in [1.54, 1.807) is 74.5 Å². The fourth-order valence-electron chi connectivity index (χ4n) is 4.00. The van der Waals surface area contributed by atoms with Crippen LogP contribution in [0.5, 0.6) is 0 Å². The molecule has 0 spiro atoms. The normalized spacial score (nSPS) is 12.2. The highest BCUT2D eigenvalue weighted by Crippen LogP contribution is 2.29. The molecule has 208 valence electrons. The molecule has 0 aliphatic carbocycles. The summed E-state index contributed by atoms with van der Waals surface area (Å²) in [5, 5.41) is 3.80. The second kappa shape index (κ2) is 13.3. The summed E-state index contributed by atoms with van der Waals surface area (Å²) in [6.07, 6.45) is 0. The number of sulfonamides is 1. The number of hydrogen-bond donors (Lipinski definition) is 1. The van der Waals surface area contributed by atoms with E-state index >= 15 is 0 Å². The molecular formula is C29H33Cl2N3O4S. The van der Waals surface area contributed by atoms with Crippen molar-refractivity contribution in [3.63, 3.8) is 0 Å². The van der Waals surface area contributed by atoms with Gasteiger partial charge in [0.1, 0.15) is 12.6 Å². The fraction of sp³-hybridized carbons (Fsp3) is 0.310. The zero-order valence-electron chi connectivity index (χ0n) is 22.4. The molecule has 0 bridgehead atoms. The molecule has 3 aromatic carbocycles. The summed E-state index contributed by atoms with van der Waals surface area (Å²) in [7, 11) is -4.14. The van der Waals surface area contributed by atoms with E-state index < -0.39 is 28.5 Å². The van der Waals surface area contributed by atoms with E-state index in [1.165, 1.54) is 17.0 Å². The first kappa shape index (κ1) is 30.5. The summed E-state index contributed by atoms with van der Waals surface area (Å²) in [4.78, 5) is 28.4. The molecule has 0 radical (unpaired) electrons. The Bertz CT molecular complexity index is 1420. The number of benzene rings is 3. The molecule has 1 N–H and O–H groups in total. The van der Waals surface area contributed by atoms with Crippen molar-refractivity contribution in [2.45, 2.75) is 45.2 Å². The van der Waals surface area contributed by atoms with Crippen molar-refractivity contribution in [1.29, 1.82) is 0 Å². The Kier molecular flexibility index (Phi) is 10.4. The van der Waals surface area contributed by atoms with Crippen LogP contribution in [-0.4, -0.2) is 44.3 Å². The van der Waals surface area contributed by atoms with Crippen LogP contribution < -0.4 is 9.62 Å². The van der Waals surface area contributed by atoms with Crippen molar-refractivity contribution in [3.8, 4) is 0 Å². The van der Waals surface area contributed by atoms with Crippen molar-refractivity contribution < 1.29 is 18.0 Å². The third-order valence-corrected chi connectivity index (χ3v) is 8.38. The molecule has 0 aromatic heterocycles. The van der Waals surface area contributed by atoms with Gasteiger partial charge in [0.05, 0.1) is 10.6 Å². The summed E-state index contributed by atoms with van der Waals surface area (Å²) < 4.78 is 28.7. The molecule has 2 amide bonds. The van der Waals surface area contributed by atoms with Gasteiger partial charge in [-0.15, -0.1) is 0 Å². The van der Waals surface area contributed by atoms with Gasteiger partial charge in [-0.3, -0.25) is 13.9 Å². The van der Waals surface area contributed by atoms with Gasteiger partial charge in [0.2, 0.25) is 11.8 Å². The maximum absolute atomic E-state index is 13.9. The number of aryl methyl sites for hydroxylation is 1. The Hall–Kier alpha value is -3.07. The molecule has 1 atom stereocenters. The number of nitrogens with zero attached hydrogens (tertiary/aromatic N) is 2. The summed E-state index contributed by atoms with van der Waals surface area (Å²) in [5.41, 5.74) is 1.61. The van der Waals surface area contributed by atoms with E-state index in [2.05, 4.69) is 5.32 Å². The molecule has 1 unspecified atom stereocenters. The van der Waals surface area contributed by atoms with E-state index in [-0.39, 0.29) is 23.3 Å². The SMILES string of the molecule is Cc1cc(Cl)ccc1N(CC(=O)N(Cc1cccc(Cl)c1)C(C)C(=O)NCC(C)C)S(=O)(=O)c1ccccc1. The minimum atomic E-state index is -4.14. The van der Waals surface area contributed by atoms with E-state index in [0.717, 1.165) is 4.31 Å². The van der Waals surface area contributed by atoms with E-state index in [4.69, 9.17) is 23.2 Å². The van der Waals surface area contributed by atoms with Crippen molar-refractivity contribution in [1.82, 2.24) is 10.2 Å². The van der Waals surface area contributed by atoms with Crippen molar-refractivity contribution in [2.75, 3.05) is 17.4 Å². The lowest BCUT2D eigenvalue weighted by molar-refractivity contribution is -0.139. The maximum Gasteiger partial charge on any atom is 0.264 e. The zero-order chi connectivity index (χ0) is 28.7. The molecule has 0 aliphatic rings. The van der Waals surface area contributed by atoms with Gasteiger partial charge in [0, 0.05) is 23.1 Å². The Morgan fingerprint density at radius 2 is 1.56 bits per heavy atom. The standard InChI is InChI=1S/C29H33Cl2N3O4S/c1-20(2)17-32-29(36)22(4)33(18-23-9-8-10-24(30)16-23)28(35)19-34(27-14-13-25(31)15-21(27)3)39(37,38)26-11-6-5-7-12-26/h5-16,20,22H,17-19H2,1-4H3,(H,32,36). The highest BCUT2D eigenvalue weighted by Gasteiger charge is 2.33. The van der Waals surface area contributed by atoms with E-state index in [1.807, 2.05) is 13.8 Å². The molecule has 3 aromatic rings. The average molecular weight is 591 g/mol. The van der Waals surface area contributed by atoms with E-state index in [0.29, 0.717) is 33.4 Å². The maximum atomic E-state index is 13.9. The molecule has 0 fully saturated rings. The lowest BCUT2D eigenvalue weighted by Crippen LogP contribution is -2.51. The van der Waals surface area contributed by atoms with E-state index in [9.17, 15) is 18.0 Å². The molecule has 0 aliphatic heterocycles. The minimum Gasteiger partial charge on any atom is -0.354 e. The van der Waals surface area contributed by atoms with Gasteiger partial charge in [-0.05, 0) is 73.4 Å². The number of carbonyl (C=O) groups is 2. The Balaban J connectivity index is 2.03. The van der Waals surface area contributed by atoms with Crippen LogP contribution in [0.2, 0.25) is 10.0 Å². The Morgan fingerprint density at radius 3 is 2.18 bits per heavy atom. The van der Waals surface area contributed by atoms with Crippen LogP contribution in [0.25, 0.3) is 0 Å². The van der Waals surface area contributed by atoms with Gasteiger partial charge in [-0.2, -0.15) is 0 Å². The molecular weight excluding hydrogens is 557 g/mol. The third kappa shape index (κ3) is 7.97. The predicted molar refractivity (Wildman–Crippen MR) is 156 cm³/mol. The smallest absolute Gasteiger partial charge is 0.264 e. The fourth-order valence-corrected chi connectivity index (χ4v) is 5.94. The molecule has 0 saturated carbocycles. The van der Waals surface area contributed by atoms with Crippen molar-refractivity contribution in [3.05, 3.63) is 94.0 Å². The van der Waals surface area contributed by atoms with Gasteiger partial charge >= 0.3 is 0 Å². The minimum absolute atomic E-state index is 0.0382. The first-order chi connectivity index (χ1) is 18.4. The first-order valence-electron chi connectivity index (χ1n) is 12.6. The Labute approximate surface area is 240 Å². The molecule has 3 rings (SSSR count). The third-order valence-electron chi connectivity index (χ3n) is 6.13. The lowest BCUT2D eigenvalue weighted by Gasteiger charge is -2.32. The summed E-state index contributed by atoms with van der Waals surface area (Å²) in [6, 6.07) is 18.8. The second-order valence-electron chi connectivity index (χ2n) is 9.72. The summed E-state index contributed by atoms with van der Waals surface area (Å²) in [6.45, 7) is 7.28. The van der Waals surface area contributed by atoms with Gasteiger partial charge in [0.15, 0.2) is 0 Å². The lowest BCUT2D eigenvalue weighted by atomic mass is 10.1. The monoisotopic (exact) mass is 589 g/mol. The van der Waals surface area contributed by atoms with Crippen LogP contribution in [0.1, 0.15) is 31.9 Å². The average Bonchev–Trinajstić information content (AvgIpc) is 2.89. The van der Waals surface area contributed by atoms with Gasteiger partial charge in [0.25, 0.3) is 10.0 Å². The topological polar surface area (TPSA) is 86.8 Å². The highest BCUT2D eigenvalue weighted by molar-refractivity contribution is 7.92. The molecule has 0 heterocycles.